The van der Waals surface area contributed by atoms with E-state index in [0.717, 1.165) is 23.6 Å². The second-order valence-corrected chi connectivity index (χ2v) is 4.97. The summed E-state index contributed by atoms with van der Waals surface area (Å²) in [6.07, 6.45) is 2.01. The fourth-order valence-corrected chi connectivity index (χ4v) is 1.15. The topological polar surface area (TPSA) is 126 Å². The molecule has 0 radical (unpaired) electrons. The Bertz CT molecular complexity index is 555. The molecule has 0 aromatic carbocycles. The van der Waals surface area contributed by atoms with E-state index in [4.69, 9.17) is 4.89 Å². The minimum absolute atomic E-state index is 0.519. The molecule has 0 spiro atoms. The Kier molecular flexibility index (Phi) is 4.54. The third-order valence-corrected chi connectivity index (χ3v) is 2.23. The van der Waals surface area contributed by atoms with Gasteiger partial charge in [0.2, 0.25) is 0 Å². The SMILES string of the molecule is COC(=O)/C=C/n1nnn(COP(C)(=O)O)c1=O. The number of hydrogen-bond acceptors (Lipinski definition) is 7. The summed E-state index contributed by atoms with van der Waals surface area (Å²) in [7, 11) is -2.53. The highest BCUT2D eigenvalue weighted by Crippen LogP contribution is 2.36. The Morgan fingerprint density at radius 2 is 2.22 bits per heavy atom. The fraction of sp³-hybridized carbons (Fsp3) is 0.429. The Labute approximate surface area is 101 Å². The van der Waals surface area contributed by atoms with Gasteiger partial charge >= 0.3 is 19.3 Å². The van der Waals surface area contributed by atoms with Crippen LogP contribution in [0.5, 0.6) is 0 Å². The molecule has 0 fully saturated rings. The van der Waals surface area contributed by atoms with E-state index in [-0.39, 0.29) is 0 Å². The molecule has 18 heavy (non-hydrogen) atoms. The Morgan fingerprint density at radius 3 is 2.78 bits per heavy atom. The van der Waals surface area contributed by atoms with Crippen LogP contribution in [-0.4, -0.2) is 44.4 Å². The van der Waals surface area contributed by atoms with Crippen LogP contribution in [-0.2, 0) is 25.4 Å². The van der Waals surface area contributed by atoms with E-state index in [0.29, 0.717) is 4.68 Å². The van der Waals surface area contributed by atoms with Crippen molar-refractivity contribution >= 4 is 19.8 Å². The van der Waals surface area contributed by atoms with Gasteiger partial charge in [-0.2, -0.15) is 9.36 Å². The molecule has 0 aliphatic rings. The van der Waals surface area contributed by atoms with E-state index in [1.165, 1.54) is 7.11 Å². The van der Waals surface area contributed by atoms with Gasteiger partial charge in [0.15, 0.2) is 6.73 Å². The lowest BCUT2D eigenvalue weighted by Gasteiger charge is -2.04. The van der Waals surface area contributed by atoms with Crippen LogP contribution in [0.25, 0.3) is 6.20 Å². The molecule has 0 saturated heterocycles. The van der Waals surface area contributed by atoms with Gasteiger partial charge in [-0.25, -0.2) is 9.59 Å². The number of nitrogens with zero attached hydrogens (tertiary/aromatic N) is 4. The van der Waals surface area contributed by atoms with Gasteiger partial charge in [0.1, 0.15) is 0 Å². The monoisotopic (exact) mass is 278 g/mol. The first-order valence-corrected chi connectivity index (χ1v) is 6.59. The van der Waals surface area contributed by atoms with E-state index in [9.17, 15) is 14.2 Å². The normalized spacial score (nSPS) is 14.6. The van der Waals surface area contributed by atoms with Gasteiger partial charge in [-0.05, 0) is 10.4 Å². The molecule has 1 heterocycles. The van der Waals surface area contributed by atoms with Crippen LogP contribution < -0.4 is 5.69 Å². The fourth-order valence-electron chi connectivity index (χ4n) is 0.822. The molecule has 1 rings (SSSR count). The average Bonchev–Trinajstić information content (AvgIpc) is 2.63. The molecule has 0 amide bonds. The molecule has 11 heteroatoms. The third kappa shape index (κ3) is 4.24. The standard InChI is InChI=1S/C7H11N4O6P/c1-16-6(12)3-4-10-7(13)11(9-8-10)5-17-18(2,14)15/h3-4H,5H2,1-2H3,(H,14,15)/b4-3+. The molecule has 1 unspecified atom stereocenters. The van der Waals surface area contributed by atoms with Gasteiger partial charge in [-0.1, -0.05) is 0 Å². The van der Waals surface area contributed by atoms with Crippen molar-refractivity contribution in [2.75, 3.05) is 13.8 Å². The molecule has 1 atom stereocenters. The molecule has 100 valence electrons. The predicted octanol–water partition coefficient (Wildman–Crippen LogP) is -1.13. The molecular weight excluding hydrogens is 267 g/mol. The Hall–Kier alpha value is -1.77. The van der Waals surface area contributed by atoms with Gasteiger partial charge in [-0.3, -0.25) is 9.09 Å². The zero-order chi connectivity index (χ0) is 13.8. The summed E-state index contributed by atoms with van der Waals surface area (Å²) in [5, 5.41) is 6.77. The van der Waals surface area contributed by atoms with Crippen molar-refractivity contribution in [2.45, 2.75) is 6.73 Å². The molecular formula is C7H11N4O6P. The van der Waals surface area contributed by atoms with E-state index in [1.54, 1.807) is 0 Å². The van der Waals surface area contributed by atoms with Gasteiger partial charge in [0, 0.05) is 18.9 Å². The summed E-state index contributed by atoms with van der Waals surface area (Å²) >= 11 is 0. The van der Waals surface area contributed by atoms with E-state index >= 15 is 0 Å². The quantitative estimate of drug-likeness (QED) is 0.407. The van der Waals surface area contributed by atoms with Crippen molar-refractivity contribution in [3.63, 3.8) is 0 Å². The minimum atomic E-state index is -3.71. The van der Waals surface area contributed by atoms with E-state index < -0.39 is 26.0 Å². The second-order valence-electron chi connectivity index (χ2n) is 3.11. The molecule has 0 aliphatic carbocycles. The zero-order valence-electron chi connectivity index (χ0n) is 9.59. The summed E-state index contributed by atoms with van der Waals surface area (Å²) in [5.41, 5.74) is -0.733. The maximum absolute atomic E-state index is 11.5. The van der Waals surface area contributed by atoms with Crippen molar-refractivity contribution in [1.29, 1.82) is 0 Å². The summed E-state index contributed by atoms with van der Waals surface area (Å²) in [4.78, 5) is 31.2. The van der Waals surface area contributed by atoms with Crippen molar-refractivity contribution in [3.8, 4) is 0 Å². The number of aromatic nitrogens is 4. The smallest absolute Gasteiger partial charge is 0.370 e. The van der Waals surface area contributed by atoms with E-state index in [2.05, 4.69) is 19.7 Å². The number of hydrogen-bond donors (Lipinski definition) is 1. The molecule has 10 nitrogen and oxygen atoms in total. The lowest BCUT2D eigenvalue weighted by molar-refractivity contribution is -0.134. The van der Waals surface area contributed by atoms with Crippen molar-refractivity contribution in [2.24, 2.45) is 0 Å². The minimum Gasteiger partial charge on any atom is -0.466 e. The highest BCUT2D eigenvalue weighted by molar-refractivity contribution is 7.51. The maximum Gasteiger partial charge on any atom is 0.370 e. The molecule has 1 aromatic rings. The molecule has 0 saturated carbocycles. The molecule has 1 N–H and O–H groups in total. The first kappa shape index (κ1) is 14.3. The van der Waals surface area contributed by atoms with E-state index in [1.807, 2.05) is 0 Å². The molecule has 1 aromatic heterocycles. The number of rotatable bonds is 5. The van der Waals surface area contributed by atoms with Crippen LogP contribution >= 0.6 is 7.60 Å². The van der Waals surface area contributed by atoms with Crippen LogP contribution in [0, 0.1) is 0 Å². The summed E-state index contributed by atoms with van der Waals surface area (Å²) in [6.45, 7) is 0.453. The van der Waals surface area contributed by atoms with Gasteiger partial charge in [-0.15, -0.1) is 0 Å². The van der Waals surface area contributed by atoms with Gasteiger partial charge < -0.3 is 9.63 Å². The van der Waals surface area contributed by atoms with Crippen LogP contribution in [0.15, 0.2) is 10.9 Å². The van der Waals surface area contributed by atoms with Gasteiger partial charge in [0.05, 0.1) is 7.11 Å². The Balaban J connectivity index is 2.79. The van der Waals surface area contributed by atoms with Gasteiger partial charge in [0.25, 0.3) is 0 Å². The highest BCUT2D eigenvalue weighted by atomic mass is 31.2. The largest absolute Gasteiger partial charge is 0.466 e. The second kappa shape index (κ2) is 5.71. The lowest BCUT2D eigenvalue weighted by atomic mass is 10.6. The number of carbonyl (C=O) groups excluding carboxylic acids is 1. The number of carbonyl (C=O) groups is 1. The summed E-state index contributed by atoms with van der Waals surface area (Å²) in [5.74, 6) is -0.666. The summed E-state index contributed by atoms with van der Waals surface area (Å²) in [6, 6.07) is 0. The predicted molar refractivity (Wildman–Crippen MR) is 58.5 cm³/mol. The Morgan fingerprint density at radius 1 is 1.56 bits per heavy atom. The number of tetrazole rings is 1. The highest BCUT2D eigenvalue weighted by Gasteiger charge is 2.12. The van der Waals surface area contributed by atoms with Crippen molar-refractivity contribution < 1.29 is 23.5 Å². The number of esters is 1. The average molecular weight is 278 g/mol. The van der Waals surface area contributed by atoms with Crippen LogP contribution in [0.4, 0.5) is 0 Å². The van der Waals surface area contributed by atoms with Crippen molar-refractivity contribution in [1.82, 2.24) is 19.8 Å². The van der Waals surface area contributed by atoms with Crippen LogP contribution in [0.3, 0.4) is 0 Å². The third-order valence-electron chi connectivity index (χ3n) is 1.63. The first-order chi connectivity index (χ1) is 8.33. The zero-order valence-corrected chi connectivity index (χ0v) is 10.5. The molecule has 0 aliphatic heterocycles. The first-order valence-electron chi connectivity index (χ1n) is 4.57. The number of ether oxygens (including phenoxy) is 1. The van der Waals surface area contributed by atoms with Crippen LogP contribution in [0.1, 0.15) is 0 Å². The maximum atomic E-state index is 11.5. The lowest BCUT2D eigenvalue weighted by Crippen LogP contribution is -2.23. The number of methoxy groups -OCH3 is 1. The van der Waals surface area contributed by atoms with Crippen molar-refractivity contribution in [3.05, 3.63) is 16.6 Å². The summed E-state index contributed by atoms with van der Waals surface area (Å²) < 4.78 is 21.1. The molecule has 0 bridgehead atoms. The van der Waals surface area contributed by atoms with Crippen LogP contribution in [0.2, 0.25) is 0 Å².